The number of carbonyl (C=O) groups excluding carboxylic acids is 1. The van der Waals surface area contributed by atoms with Gasteiger partial charge in [0.25, 0.3) is 0 Å². The zero-order chi connectivity index (χ0) is 24.0. The standard InChI is InChI=1S/C18H22N4O2.C5H11NO2/c1-2-24-17-8-6-14(7-9-17)11-20-13-21-18(19)22-16-5-3-4-15(10-16)12-23;1-5(2,3)8-4(6)7/h3-10,13,23H,2,11-12H2,1H3,(H3,19,20,21,22);1-3H3,(H2,6,7). The lowest BCUT2D eigenvalue weighted by molar-refractivity contribution is 0.0600. The van der Waals surface area contributed by atoms with E-state index in [1.807, 2.05) is 49.4 Å². The van der Waals surface area contributed by atoms with Gasteiger partial charge in [0.05, 0.1) is 19.8 Å². The number of carbonyl (C=O) groups is 1. The molecule has 0 fully saturated rings. The Bertz CT molecular complexity index is 890. The number of aliphatic hydroxyl groups excluding tert-OH is 1. The van der Waals surface area contributed by atoms with Crippen LogP contribution in [-0.2, 0) is 17.9 Å². The van der Waals surface area contributed by atoms with Crippen molar-refractivity contribution in [2.75, 3.05) is 11.9 Å². The van der Waals surface area contributed by atoms with Gasteiger partial charge < -0.3 is 31.4 Å². The number of hydrogen-bond donors (Lipinski definition) is 4. The van der Waals surface area contributed by atoms with Crippen molar-refractivity contribution in [1.29, 1.82) is 0 Å². The minimum Gasteiger partial charge on any atom is -0.494 e. The Kier molecular flexibility index (Phi) is 11.3. The van der Waals surface area contributed by atoms with Crippen molar-refractivity contribution < 1.29 is 19.4 Å². The first-order chi connectivity index (χ1) is 15.1. The average Bonchev–Trinajstić information content (AvgIpc) is 2.71. The van der Waals surface area contributed by atoms with E-state index in [9.17, 15) is 4.79 Å². The zero-order valence-electron chi connectivity index (χ0n) is 19.0. The Balaban J connectivity index is 0.000000547. The highest BCUT2D eigenvalue weighted by Crippen LogP contribution is 2.12. The highest BCUT2D eigenvalue weighted by Gasteiger charge is 2.12. The number of ether oxygens (including phenoxy) is 2. The lowest BCUT2D eigenvalue weighted by atomic mass is 10.2. The molecule has 0 atom stereocenters. The molecule has 0 unspecified atom stereocenters. The van der Waals surface area contributed by atoms with Crippen molar-refractivity contribution in [3.05, 3.63) is 59.7 Å². The summed E-state index contributed by atoms with van der Waals surface area (Å²) in [6, 6.07) is 15.1. The summed E-state index contributed by atoms with van der Waals surface area (Å²) in [6.45, 7) is 8.39. The second-order valence-corrected chi connectivity index (χ2v) is 7.56. The number of guanidine groups is 1. The van der Waals surface area contributed by atoms with Crippen molar-refractivity contribution in [3.8, 4) is 5.75 Å². The van der Waals surface area contributed by atoms with Crippen LogP contribution in [0, 0.1) is 0 Å². The van der Waals surface area contributed by atoms with Gasteiger partial charge in [-0.1, -0.05) is 24.3 Å². The number of nitrogens with two attached hydrogens (primary N) is 2. The van der Waals surface area contributed by atoms with Crippen molar-refractivity contribution in [3.63, 3.8) is 0 Å². The van der Waals surface area contributed by atoms with E-state index >= 15 is 0 Å². The summed E-state index contributed by atoms with van der Waals surface area (Å²) in [4.78, 5) is 18.3. The van der Waals surface area contributed by atoms with Gasteiger partial charge in [0.1, 0.15) is 17.7 Å². The largest absolute Gasteiger partial charge is 0.494 e. The van der Waals surface area contributed by atoms with Gasteiger partial charge >= 0.3 is 6.09 Å². The number of aliphatic hydroxyl groups is 1. The molecule has 0 heterocycles. The zero-order valence-corrected chi connectivity index (χ0v) is 19.0. The third-order valence-corrected chi connectivity index (χ3v) is 3.58. The Hall–Kier alpha value is -3.59. The van der Waals surface area contributed by atoms with Gasteiger partial charge in [0.2, 0.25) is 0 Å². The molecule has 0 aliphatic heterocycles. The van der Waals surface area contributed by atoms with Crippen LogP contribution >= 0.6 is 0 Å². The van der Waals surface area contributed by atoms with Crippen molar-refractivity contribution in [1.82, 2.24) is 0 Å². The molecule has 0 aliphatic carbocycles. The van der Waals surface area contributed by atoms with Crippen LogP contribution in [0.1, 0.15) is 38.8 Å². The summed E-state index contributed by atoms with van der Waals surface area (Å²) < 4.78 is 9.97. The minimum atomic E-state index is -0.725. The van der Waals surface area contributed by atoms with Gasteiger partial charge in [-0.15, -0.1) is 0 Å². The van der Waals surface area contributed by atoms with Gasteiger partial charge in [-0.25, -0.2) is 9.79 Å². The summed E-state index contributed by atoms with van der Waals surface area (Å²) in [6.07, 6.45) is 0.701. The quantitative estimate of drug-likeness (QED) is 0.381. The average molecular weight is 444 g/mol. The summed E-state index contributed by atoms with van der Waals surface area (Å²) in [5.41, 5.74) is 12.7. The smallest absolute Gasteiger partial charge is 0.405 e. The second-order valence-electron chi connectivity index (χ2n) is 7.56. The highest BCUT2D eigenvalue weighted by molar-refractivity contribution is 5.96. The molecule has 0 saturated carbocycles. The van der Waals surface area contributed by atoms with Gasteiger partial charge in [0, 0.05) is 5.69 Å². The molecule has 9 nitrogen and oxygen atoms in total. The SMILES string of the molecule is CC(C)(C)OC(N)=O.CCOc1ccc(CN=CN=C(N)Nc2cccc(CO)c2)cc1. The molecular formula is C23H33N5O4. The fourth-order valence-corrected chi connectivity index (χ4v) is 2.34. The van der Waals surface area contributed by atoms with E-state index in [0.717, 1.165) is 22.6 Å². The van der Waals surface area contributed by atoms with Crippen LogP contribution in [0.5, 0.6) is 5.75 Å². The van der Waals surface area contributed by atoms with E-state index < -0.39 is 11.7 Å². The molecular weight excluding hydrogens is 410 g/mol. The summed E-state index contributed by atoms with van der Waals surface area (Å²) in [5, 5.41) is 12.1. The number of hydrogen-bond acceptors (Lipinski definition) is 5. The molecule has 2 rings (SSSR count). The maximum Gasteiger partial charge on any atom is 0.405 e. The van der Waals surface area contributed by atoms with Crippen LogP contribution in [0.3, 0.4) is 0 Å². The lowest BCUT2D eigenvalue weighted by Gasteiger charge is -2.16. The Labute approximate surface area is 189 Å². The van der Waals surface area contributed by atoms with Crippen LogP contribution < -0.4 is 21.5 Å². The molecule has 32 heavy (non-hydrogen) atoms. The molecule has 0 spiro atoms. The van der Waals surface area contributed by atoms with E-state index in [1.54, 1.807) is 26.8 Å². The number of aliphatic imine (C=N–C) groups is 2. The fourth-order valence-electron chi connectivity index (χ4n) is 2.34. The normalized spacial score (nSPS) is 11.5. The summed E-state index contributed by atoms with van der Waals surface area (Å²) in [5.74, 6) is 1.09. The molecule has 0 aliphatic rings. The monoisotopic (exact) mass is 443 g/mol. The van der Waals surface area contributed by atoms with E-state index in [2.05, 4.69) is 20.0 Å². The van der Waals surface area contributed by atoms with Gasteiger partial charge in [-0.05, 0) is 63.1 Å². The van der Waals surface area contributed by atoms with Crippen LogP contribution in [0.4, 0.5) is 10.5 Å². The first-order valence-corrected chi connectivity index (χ1v) is 10.1. The first-order valence-electron chi connectivity index (χ1n) is 10.1. The number of benzene rings is 2. The van der Waals surface area contributed by atoms with Crippen molar-refractivity contribution in [2.45, 2.75) is 46.4 Å². The van der Waals surface area contributed by atoms with Crippen LogP contribution in [0.2, 0.25) is 0 Å². The third kappa shape index (κ3) is 12.2. The van der Waals surface area contributed by atoms with Gasteiger partial charge in [0.15, 0.2) is 5.96 Å². The topological polar surface area (TPSA) is 145 Å². The molecule has 6 N–H and O–H groups in total. The fraction of sp³-hybridized carbons (Fsp3) is 0.348. The molecule has 0 bridgehead atoms. The predicted octanol–water partition coefficient (Wildman–Crippen LogP) is 3.41. The Morgan fingerprint density at radius 3 is 2.34 bits per heavy atom. The Morgan fingerprint density at radius 1 is 1.12 bits per heavy atom. The maximum atomic E-state index is 10.0. The predicted molar refractivity (Wildman–Crippen MR) is 128 cm³/mol. The van der Waals surface area contributed by atoms with Gasteiger partial charge in [-0.3, -0.25) is 4.99 Å². The molecule has 174 valence electrons. The maximum absolute atomic E-state index is 10.0. The number of nitrogens with one attached hydrogen (secondary N) is 1. The van der Waals surface area contributed by atoms with Crippen LogP contribution in [0.25, 0.3) is 0 Å². The van der Waals surface area contributed by atoms with Crippen molar-refractivity contribution >= 4 is 24.1 Å². The Morgan fingerprint density at radius 2 is 1.81 bits per heavy atom. The highest BCUT2D eigenvalue weighted by atomic mass is 16.6. The number of amides is 1. The van der Waals surface area contributed by atoms with E-state index in [0.29, 0.717) is 13.2 Å². The number of rotatable bonds is 7. The minimum absolute atomic E-state index is 0.0177. The van der Waals surface area contributed by atoms with E-state index in [1.165, 1.54) is 6.34 Å². The molecule has 0 saturated heterocycles. The molecule has 0 radical (unpaired) electrons. The summed E-state index contributed by atoms with van der Waals surface area (Å²) >= 11 is 0. The number of nitrogens with zero attached hydrogens (tertiary/aromatic N) is 2. The van der Waals surface area contributed by atoms with Crippen LogP contribution in [-0.4, -0.2) is 35.7 Å². The molecule has 0 aromatic heterocycles. The summed E-state index contributed by atoms with van der Waals surface area (Å²) in [7, 11) is 0. The van der Waals surface area contributed by atoms with Crippen molar-refractivity contribution in [2.24, 2.45) is 21.5 Å². The number of anilines is 1. The second kappa shape index (κ2) is 13.7. The molecule has 9 heteroatoms. The molecule has 2 aromatic carbocycles. The van der Waals surface area contributed by atoms with E-state index in [4.69, 9.17) is 21.3 Å². The van der Waals surface area contributed by atoms with Crippen LogP contribution in [0.15, 0.2) is 58.5 Å². The third-order valence-electron chi connectivity index (χ3n) is 3.58. The number of primary amides is 1. The van der Waals surface area contributed by atoms with Gasteiger partial charge in [-0.2, -0.15) is 0 Å². The molecule has 2 aromatic rings. The first kappa shape index (κ1) is 26.4. The lowest BCUT2D eigenvalue weighted by Crippen LogP contribution is -2.27. The molecule has 1 amide bonds. The van der Waals surface area contributed by atoms with E-state index in [-0.39, 0.29) is 12.6 Å².